The molecule has 0 N–H and O–H groups in total. The Bertz CT molecular complexity index is 8.49. The maximum Gasteiger partial charge on any atom is 1.00 e. The van der Waals surface area contributed by atoms with E-state index in [1.165, 1.54) is 0 Å². The molecule has 0 unspecified atom stereocenters. The minimum absolute atomic E-state index is 0. The SMILES string of the molecule is [F-].[F-].[F-].[F-].[F-].[F-].[K+].[V]. The molecule has 0 amide bonds. The van der Waals surface area contributed by atoms with Crippen molar-refractivity contribution in [3.05, 3.63) is 0 Å². The molecule has 0 saturated heterocycles. The molecule has 0 aliphatic carbocycles. The second-order valence-electron chi connectivity index (χ2n) is 0. The molecular weight excluding hydrogens is 204 g/mol. The van der Waals surface area contributed by atoms with Crippen molar-refractivity contribution in [1.29, 1.82) is 0 Å². The van der Waals surface area contributed by atoms with Gasteiger partial charge in [-0.1, -0.05) is 0 Å². The van der Waals surface area contributed by atoms with Crippen LogP contribution in [0.2, 0.25) is 0 Å². The van der Waals surface area contributed by atoms with Crippen molar-refractivity contribution in [3.63, 3.8) is 0 Å². The van der Waals surface area contributed by atoms with Crippen molar-refractivity contribution >= 4 is 0 Å². The number of halogens is 6. The Hall–Kier alpha value is 1.80. The molecule has 0 rings (SSSR count). The molecule has 0 aliphatic rings. The molecule has 0 heterocycles. The Kier molecular flexibility index (Phi) is 4830. The minimum Gasteiger partial charge on any atom is -1.00 e. The van der Waals surface area contributed by atoms with E-state index in [4.69, 9.17) is 0 Å². The summed E-state index contributed by atoms with van der Waals surface area (Å²) in [5.74, 6) is 0. The van der Waals surface area contributed by atoms with Gasteiger partial charge in [-0.25, -0.2) is 0 Å². The Labute approximate surface area is 96.7 Å². The van der Waals surface area contributed by atoms with Gasteiger partial charge in [0.2, 0.25) is 0 Å². The molecule has 0 aromatic carbocycles. The average Bonchev–Trinajstić information content (AvgIpc) is 0. The van der Waals surface area contributed by atoms with Crippen LogP contribution in [0, 0.1) is 0 Å². The van der Waals surface area contributed by atoms with Gasteiger partial charge in [0, 0.05) is 18.6 Å². The zero-order chi connectivity index (χ0) is 0. The van der Waals surface area contributed by atoms with E-state index < -0.39 is 0 Å². The average molecular weight is 204 g/mol. The van der Waals surface area contributed by atoms with Gasteiger partial charge in [-0.3, -0.25) is 0 Å². The summed E-state index contributed by atoms with van der Waals surface area (Å²) in [7, 11) is 0. The number of hydrogen-bond acceptors (Lipinski definition) is 0. The standard InChI is InChI=1S/6FH.K.V/h6*1H;;/q;;;;;;+1;/p-6. The fraction of sp³-hybridized carbons (Fsp3) is 0. The second-order valence-corrected chi connectivity index (χ2v) is 0. The second kappa shape index (κ2) is 165. The largest absolute Gasteiger partial charge is 1.00 e. The maximum absolute atomic E-state index is 0. The van der Waals surface area contributed by atoms with Crippen molar-refractivity contribution < 1.29 is 98.2 Å². The molecule has 0 aromatic rings. The summed E-state index contributed by atoms with van der Waals surface area (Å²) in [5.41, 5.74) is 0. The van der Waals surface area contributed by atoms with Crippen LogP contribution in [0.15, 0.2) is 0 Å². The summed E-state index contributed by atoms with van der Waals surface area (Å²) in [6.07, 6.45) is 0. The Morgan fingerprint density at radius 2 is 0.375 bits per heavy atom. The molecule has 0 aromatic heterocycles. The molecule has 0 aliphatic heterocycles. The van der Waals surface area contributed by atoms with E-state index in [-0.39, 0.29) is 98.2 Å². The summed E-state index contributed by atoms with van der Waals surface area (Å²) in [4.78, 5) is 0. The Morgan fingerprint density at radius 1 is 0.375 bits per heavy atom. The van der Waals surface area contributed by atoms with Crippen molar-refractivity contribution in [3.8, 4) is 0 Å². The molecule has 0 fully saturated rings. The Balaban J connectivity index is 0. The predicted octanol–water partition coefficient (Wildman–Crippen LogP) is -21.0. The van der Waals surface area contributed by atoms with Crippen LogP contribution in [0.1, 0.15) is 0 Å². The van der Waals surface area contributed by atoms with Crippen LogP contribution in [-0.4, -0.2) is 0 Å². The first-order valence-corrected chi connectivity index (χ1v) is 0. The van der Waals surface area contributed by atoms with Gasteiger partial charge in [0.25, 0.3) is 0 Å². The van der Waals surface area contributed by atoms with Gasteiger partial charge in [-0.05, 0) is 0 Å². The van der Waals surface area contributed by atoms with Gasteiger partial charge in [0.05, 0.1) is 0 Å². The summed E-state index contributed by atoms with van der Waals surface area (Å²) >= 11 is 0. The maximum atomic E-state index is 0. The van der Waals surface area contributed by atoms with Gasteiger partial charge < -0.3 is 28.2 Å². The van der Waals surface area contributed by atoms with Crippen LogP contribution >= 0.6 is 0 Å². The van der Waals surface area contributed by atoms with E-state index in [0.717, 1.165) is 0 Å². The summed E-state index contributed by atoms with van der Waals surface area (Å²) < 4.78 is 0. The molecule has 1 radical (unpaired) electrons. The van der Waals surface area contributed by atoms with Gasteiger partial charge in [-0.2, -0.15) is 0 Å². The van der Waals surface area contributed by atoms with Crippen LogP contribution in [0.3, 0.4) is 0 Å². The molecule has 8 heavy (non-hydrogen) atoms. The third-order valence-electron chi connectivity index (χ3n) is 0. The van der Waals surface area contributed by atoms with E-state index in [1.807, 2.05) is 0 Å². The van der Waals surface area contributed by atoms with E-state index in [0.29, 0.717) is 0 Å². The molecule has 0 atom stereocenters. The molecule has 53 valence electrons. The van der Waals surface area contributed by atoms with Gasteiger partial charge >= 0.3 is 51.4 Å². The van der Waals surface area contributed by atoms with Crippen LogP contribution in [0.5, 0.6) is 0 Å². The van der Waals surface area contributed by atoms with Crippen molar-refractivity contribution in [2.75, 3.05) is 0 Å². The van der Waals surface area contributed by atoms with E-state index in [9.17, 15) is 0 Å². The fourth-order valence-corrected chi connectivity index (χ4v) is 0. The zero-order valence-electron chi connectivity index (χ0n) is 3.72. The normalized spacial score (nSPS) is 0. The van der Waals surface area contributed by atoms with E-state index in [2.05, 4.69) is 0 Å². The van der Waals surface area contributed by atoms with Crippen LogP contribution in [0.25, 0.3) is 0 Å². The summed E-state index contributed by atoms with van der Waals surface area (Å²) in [6.45, 7) is 0. The summed E-state index contributed by atoms with van der Waals surface area (Å²) in [5, 5.41) is 0. The van der Waals surface area contributed by atoms with Crippen molar-refractivity contribution in [2.24, 2.45) is 0 Å². The molecule has 8 heteroatoms. The van der Waals surface area contributed by atoms with Gasteiger partial charge in [-0.15, -0.1) is 0 Å². The van der Waals surface area contributed by atoms with Crippen molar-refractivity contribution in [1.82, 2.24) is 0 Å². The number of rotatable bonds is 0. The van der Waals surface area contributed by atoms with Crippen LogP contribution < -0.4 is 79.6 Å². The van der Waals surface area contributed by atoms with Gasteiger partial charge in [0.1, 0.15) is 0 Å². The Morgan fingerprint density at radius 3 is 0.375 bits per heavy atom. The zero-order valence-corrected chi connectivity index (χ0v) is 8.23. The van der Waals surface area contributed by atoms with E-state index in [1.54, 1.807) is 0 Å². The molecule has 0 saturated carbocycles. The summed E-state index contributed by atoms with van der Waals surface area (Å²) in [6, 6.07) is 0. The predicted molar refractivity (Wildman–Crippen MR) is 0 cm³/mol. The fourth-order valence-electron chi connectivity index (χ4n) is 0. The first-order valence-electron chi connectivity index (χ1n) is 0. The molecule has 0 nitrogen and oxygen atoms in total. The third kappa shape index (κ3) is 111. The third-order valence-corrected chi connectivity index (χ3v) is 0. The quantitative estimate of drug-likeness (QED) is 0.271. The van der Waals surface area contributed by atoms with Crippen LogP contribution in [-0.2, 0) is 18.6 Å². The van der Waals surface area contributed by atoms with Crippen molar-refractivity contribution in [2.45, 2.75) is 0 Å². The first kappa shape index (κ1) is 234. The monoisotopic (exact) mass is 204 g/mol. The molecule has 0 bridgehead atoms. The molecule has 0 spiro atoms. The van der Waals surface area contributed by atoms with E-state index >= 15 is 0 Å². The first-order chi connectivity index (χ1) is 0. The number of hydrogen-bond donors (Lipinski definition) is 0. The topological polar surface area (TPSA) is 0 Å². The molecular formula is F6KV-5. The van der Waals surface area contributed by atoms with Gasteiger partial charge in [0.15, 0.2) is 0 Å². The van der Waals surface area contributed by atoms with Crippen LogP contribution in [0.4, 0.5) is 0 Å². The smallest absolute Gasteiger partial charge is 1.00 e. The minimum atomic E-state index is 0.